The molecule has 4 nitrogen and oxygen atoms in total. The number of hydrazine groups is 1. The molecule has 4 rings (SSSR count). The zero-order chi connectivity index (χ0) is 21.1. The van der Waals surface area contributed by atoms with Crippen molar-refractivity contribution in [3.63, 3.8) is 0 Å². The molecule has 1 amide bonds. The zero-order valence-corrected chi connectivity index (χ0v) is 17.4. The van der Waals surface area contributed by atoms with Crippen molar-refractivity contribution in [3.05, 3.63) is 94.4 Å². The quantitative estimate of drug-likeness (QED) is 0.425. The number of aryl methyl sites for hydroxylation is 1. The van der Waals surface area contributed by atoms with E-state index in [0.29, 0.717) is 30.2 Å². The number of amides is 1. The van der Waals surface area contributed by atoms with Crippen LogP contribution >= 0.6 is 11.6 Å². The van der Waals surface area contributed by atoms with Crippen molar-refractivity contribution in [2.24, 2.45) is 0 Å². The molecule has 0 aliphatic carbocycles. The number of aromatic nitrogens is 1. The van der Waals surface area contributed by atoms with Crippen molar-refractivity contribution < 1.29 is 13.9 Å². The van der Waals surface area contributed by atoms with Crippen molar-refractivity contribution in [1.29, 1.82) is 0 Å². The summed E-state index contributed by atoms with van der Waals surface area (Å²) in [4.78, 5) is 17.6. The van der Waals surface area contributed by atoms with Gasteiger partial charge in [-0.1, -0.05) is 35.9 Å². The Bertz CT molecular complexity index is 1080. The van der Waals surface area contributed by atoms with E-state index < -0.39 is 0 Å². The van der Waals surface area contributed by atoms with Gasteiger partial charge in [0.15, 0.2) is 0 Å². The van der Waals surface area contributed by atoms with E-state index >= 15 is 0 Å². The first-order chi connectivity index (χ1) is 14.5. The maximum Gasteiger partial charge on any atom is 0.346 e. The first-order valence-corrected chi connectivity index (χ1v) is 10.2. The number of hydrogen-bond donors (Lipinski definition) is 0. The predicted octanol–water partition coefficient (Wildman–Crippen LogP) is 5.07. The second kappa shape index (κ2) is 8.76. The van der Waals surface area contributed by atoms with Gasteiger partial charge in [0.1, 0.15) is 17.7 Å². The molecule has 1 fully saturated rings. The third kappa shape index (κ3) is 4.57. The van der Waals surface area contributed by atoms with Crippen LogP contribution in [0, 0.1) is 12.7 Å². The molecule has 0 radical (unpaired) electrons. The van der Waals surface area contributed by atoms with Gasteiger partial charge in [-0.3, -0.25) is 4.79 Å². The van der Waals surface area contributed by atoms with E-state index in [1.54, 1.807) is 17.1 Å². The van der Waals surface area contributed by atoms with Crippen molar-refractivity contribution in [1.82, 2.24) is 9.99 Å². The van der Waals surface area contributed by atoms with Gasteiger partial charge in [-0.15, -0.1) is 4.68 Å². The van der Waals surface area contributed by atoms with E-state index in [1.165, 1.54) is 12.1 Å². The first kappa shape index (κ1) is 20.2. The molecule has 1 aromatic heterocycles. The molecule has 0 bridgehead atoms. The van der Waals surface area contributed by atoms with Crippen LogP contribution in [0.15, 0.2) is 66.7 Å². The highest BCUT2D eigenvalue weighted by atomic mass is 35.5. The fourth-order valence-corrected chi connectivity index (χ4v) is 3.77. The van der Waals surface area contributed by atoms with Crippen molar-refractivity contribution in [2.75, 3.05) is 6.54 Å². The molecular weight excluding hydrogens is 401 g/mol. The number of rotatable bonds is 5. The summed E-state index contributed by atoms with van der Waals surface area (Å²) < 4.78 is 15.1. The number of halogens is 2. The third-order valence-electron chi connectivity index (χ3n) is 5.23. The molecule has 0 spiro atoms. The standard InChI is InChI=1S/C24H22ClFN3O/c1-17-3-2-4-23(27-17)28(14-13-18-5-11-22(26)12-6-18)29-16-20(15-24(29)30)19-7-9-21(25)10-8-19/h2-12,14,20H,13,15-16H2,1H3/q+1. The average molecular weight is 423 g/mol. The number of carbonyl (C=O) groups excluding carboxylic acids is 1. The van der Waals surface area contributed by atoms with Crippen molar-refractivity contribution in [2.45, 2.75) is 25.7 Å². The van der Waals surface area contributed by atoms with E-state index in [-0.39, 0.29) is 17.6 Å². The highest BCUT2D eigenvalue weighted by Gasteiger charge is 2.36. The first-order valence-electron chi connectivity index (χ1n) is 9.86. The molecule has 1 atom stereocenters. The summed E-state index contributed by atoms with van der Waals surface area (Å²) in [6.07, 6.45) is 2.90. The molecule has 152 valence electrons. The van der Waals surface area contributed by atoms with Crippen LogP contribution in [0.1, 0.15) is 29.2 Å². The molecule has 1 saturated heterocycles. The Labute approximate surface area is 180 Å². The van der Waals surface area contributed by atoms with Crippen LogP contribution in [0.5, 0.6) is 0 Å². The Morgan fingerprint density at radius 2 is 1.87 bits per heavy atom. The highest BCUT2D eigenvalue weighted by molar-refractivity contribution is 6.30. The maximum absolute atomic E-state index is 13.2. The van der Waals surface area contributed by atoms with Crippen molar-refractivity contribution in [3.8, 4) is 0 Å². The molecule has 6 heteroatoms. The van der Waals surface area contributed by atoms with Crippen LogP contribution < -0.4 is 0 Å². The minimum absolute atomic E-state index is 0.0358. The van der Waals surface area contributed by atoms with Gasteiger partial charge in [0, 0.05) is 36.8 Å². The van der Waals surface area contributed by atoms with Crippen LogP contribution in [-0.2, 0) is 11.2 Å². The Morgan fingerprint density at radius 1 is 1.13 bits per heavy atom. The summed E-state index contributed by atoms with van der Waals surface area (Å²) in [5.74, 6) is 0.536. The van der Waals surface area contributed by atoms with Gasteiger partial charge < -0.3 is 0 Å². The summed E-state index contributed by atoms with van der Waals surface area (Å²) in [7, 11) is 0. The summed E-state index contributed by atoms with van der Waals surface area (Å²) >= 11 is 6.01. The second-order valence-electron chi connectivity index (χ2n) is 7.42. The lowest BCUT2D eigenvalue weighted by atomic mass is 9.99. The molecular formula is C24H22ClFN3O+. The minimum atomic E-state index is -0.267. The maximum atomic E-state index is 13.2. The lowest BCUT2D eigenvalue weighted by Gasteiger charge is -2.17. The number of carbonyl (C=O) groups is 1. The zero-order valence-electron chi connectivity index (χ0n) is 16.6. The molecule has 2 heterocycles. The van der Waals surface area contributed by atoms with E-state index in [1.807, 2.05) is 60.3 Å². The number of hydrogen-bond acceptors (Lipinski definition) is 2. The van der Waals surface area contributed by atoms with E-state index in [0.717, 1.165) is 16.8 Å². The molecule has 3 aromatic rings. The van der Waals surface area contributed by atoms with Gasteiger partial charge in [0.25, 0.3) is 5.91 Å². The Hall–Kier alpha value is -3.05. The predicted molar refractivity (Wildman–Crippen MR) is 116 cm³/mol. The minimum Gasteiger partial charge on any atom is -0.271 e. The van der Waals surface area contributed by atoms with Crippen LogP contribution in [0.4, 0.5) is 10.2 Å². The van der Waals surface area contributed by atoms with Crippen LogP contribution in [0.25, 0.3) is 0 Å². The number of hydrazone groups is 1. The van der Waals surface area contributed by atoms with Gasteiger partial charge in [0.05, 0.1) is 6.54 Å². The van der Waals surface area contributed by atoms with Gasteiger partial charge in [-0.25, -0.2) is 4.39 Å². The molecule has 0 saturated carbocycles. The van der Waals surface area contributed by atoms with E-state index in [4.69, 9.17) is 11.6 Å². The topological polar surface area (TPSA) is 36.2 Å². The third-order valence-corrected chi connectivity index (χ3v) is 5.48. The highest BCUT2D eigenvalue weighted by Crippen LogP contribution is 2.30. The van der Waals surface area contributed by atoms with Crippen molar-refractivity contribution >= 4 is 29.5 Å². The summed E-state index contributed by atoms with van der Waals surface area (Å²) in [5, 5.41) is 2.42. The Kier molecular flexibility index (Phi) is 5.91. The SMILES string of the molecule is Cc1cccc([N+](=CCc2ccc(F)cc2)N2CC(c3ccc(Cl)cc3)CC2=O)n1. The largest absolute Gasteiger partial charge is 0.346 e. The second-order valence-corrected chi connectivity index (χ2v) is 7.86. The molecule has 1 unspecified atom stereocenters. The monoisotopic (exact) mass is 422 g/mol. The Morgan fingerprint density at radius 3 is 2.57 bits per heavy atom. The summed E-state index contributed by atoms with van der Waals surface area (Å²) in [5.41, 5.74) is 2.91. The average Bonchev–Trinajstić information content (AvgIpc) is 3.11. The fourth-order valence-electron chi connectivity index (χ4n) is 3.64. The van der Waals surface area contributed by atoms with Crippen LogP contribution in [0.3, 0.4) is 0 Å². The Balaban J connectivity index is 1.64. The molecule has 1 aliphatic heterocycles. The van der Waals surface area contributed by atoms with Crippen LogP contribution in [0.2, 0.25) is 5.02 Å². The lowest BCUT2D eigenvalue weighted by Crippen LogP contribution is -2.35. The number of benzene rings is 2. The van der Waals surface area contributed by atoms with Crippen LogP contribution in [-0.4, -0.2) is 33.3 Å². The number of pyridine rings is 1. The summed E-state index contributed by atoms with van der Waals surface area (Å²) in [6.45, 7) is 2.47. The smallest absolute Gasteiger partial charge is 0.271 e. The lowest BCUT2D eigenvalue weighted by molar-refractivity contribution is -0.599. The molecule has 0 N–H and O–H groups in total. The molecule has 30 heavy (non-hydrogen) atoms. The number of nitrogens with zero attached hydrogens (tertiary/aromatic N) is 3. The van der Waals surface area contributed by atoms with Gasteiger partial charge in [0.2, 0.25) is 0 Å². The van der Waals surface area contributed by atoms with E-state index in [2.05, 4.69) is 4.98 Å². The summed E-state index contributed by atoms with van der Waals surface area (Å²) in [6, 6.07) is 19.8. The fraction of sp³-hybridized carbons (Fsp3) is 0.208. The molecule has 2 aromatic carbocycles. The normalized spacial score (nSPS) is 16.9. The van der Waals surface area contributed by atoms with E-state index in [9.17, 15) is 9.18 Å². The van der Waals surface area contributed by atoms with Gasteiger partial charge >= 0.3 is 5.82 Å². The van der Waals surface area contributed by atoms with Gasteiger partial charge in [-0.2, -0.15) is 5.01 Å². The van der Waals surface area contributed by atoms with Gasteiger partial charge in [-0.05, 0) is 52.5 Å². The molecule has 1 aliphatic rings.